The number of amides is 1. The molecule has 5 heterocycles. The van der Waals surface area contributed by atoms with Gasteiger partial charge in [-0.25, -0.2) is 19.8 Å². The summed E-state index contributed by atoms with van der Waals surface area (Å²) in [6.45, 7) is 3.83. The minimum absolute atomic E-state index is 0.108. The van der Waals surface area contributed by atoms with Gasteiger partial charge in [0.25, 0.3) is 5.91 Å². The number of aromatic nitrogens is 3. The molecule has 7 rings (SSSR count). The molecule has 0 spiro atoms. The van der Waals surface area contributed by atoms with Gasteiger partial charge < -0.3 is 14.0 Å². The summed E-state index contributed by atoms with van der Waals surface area (Å²) in [5, 5.41) is 9.39. The Hall–Kier alpha value is -3.83. The summed E-state index contributed by atoms with van der Waals surface area (Å²) in [5.41, 5.74) is 5.85. The lowest BCUT2D eigenvalue weighted by Crippen LogP contribution is -2.35. The third-order valence-electron chi connectivity index (χ3n) is 8.66. The normalized spacial score (nSPS) is 20.4. The molecule has 3 aliphatic heterocycles. The highest BCUT2D eigenvalue weighted by Gasteiger charge is 2.29. The number of benzene rings is 2. The molecule has 0 saturated carbocycles. The number of carbonyl (C=O) groups is 1. The van der Waals surface area contributed by atoms with E-state index < -0.39 is 12.0 Å². The molecule has 2 aromatic heterocycles. The van der Waals surface area contributed by atoms with Crippen molar-refractivity contribution in [2.24, 2.45) is 0 Å². The second kappa shape index (κ2) is 11.7. The number of hydrogen-bond donors (Lipinski definition) is 2. The Labute approximate surface area is 252 Å². The Kier molecular flexibility index (Phi) is 7.60. The molecule has 0 aliphatic carbocycles. The number of fused-ring (bicyclic) bond motifs is 2. The van der Waals surface area contributed by atoms with Crippen LogP contribution >= 0.6 is 11.6 Å². The van der Waals surface area contributed by atoms with E-state index in [4.69, 9.17) is 31.3 Å². The van der Waals surface area contributed by atoms with Crippen molar-refractivity contribution >= 4 is 34.6 Å². The quantitative estimate of drug-likeness (QED) is 0.208. The SMILES string of the molecule is O=C(NO)c1cc2nc(CN3CCC(c4cccc5c4O[C@@H](c4ccc(Cl)cc4F)C=C5)CC3)n(C[C@@H]3CCO3)c2cn1. The number of hydroxylamine groups is 1. The predicted molar refractivity (Wildman–Crippen MR) is 159 cm³/mol. The van der Waals surface area contributed by atoms with E-state index in [9.17, 15) is 9.18 Å². The van der Waals surface area contributed by atoms with Crippen molar-refractivity contribution in [3.8, 4) is 5.75 Å². The van der Waals surface area contributed by atoms with Gasteiger partial charge in [0.05, 0.1) is 36.4 Å². The van der Waals surface area contributed by atoms with Crippen molar-refractivity contribution in [1.82, 2.24) is 24.9 Å². The van der Waals surface area contributed by atoms with Crippen LogP contribution in [0.2, 0.25) is 5.02 Å². The smallest absolute Gasteiger partial charge is 0.293 e. The lowest BCUT2D eigenvalue weighted by atomic mass is 9.87. The lowest BCUT2D eigenvalue weighted by Gasteiger charge is -2.34. The summed E-state index contributed by atoms with van der Waals surface area (Å²) in [5.74, 6) is 0.968. The number of rotatable bonds is 7. The number of carbonyl (C=O) groups excluding carboxylic acids is 1. The van der Waals surface area contributed by atoms with Crippen LogP contribution in [0.5, 0.6) is 5.75 Å². The minimum Gasteiger partial charge on any atom is -0.481 e. The first kappa shape index (κ1) is 28.0. The first-order chi connectivity index (χ1) is 21.0. The fourth-order valence-electron chi connectivity index (χ4n) is 6.23. The number of nitrogens with one attached hydrogen (secondary N) is 1. The summed E-state index contributed by atoms with van der Waals surface area (Å²) in [7, 11) is 0. The topological polar surface area (TPSA) is 102 Å². The van der Waals surface area contributed by atoms with E-state index in [1.807, 2.05) is 18.2 Å². The molecule has 1 amide bonds. The third kappa shape index (κ3) is 5.51. The zero-order valence-corrected chi connectivity index (χ0v) is 24.1. The summed E-state index contributed by atoms with van der Waals surface area (Å²) in [6.07, 6.45) is 8.02. The van der Waals surface area contributed by atoms with Gasteiger partial charge in [-0.15, -0.1) is 0 Å². The highest BCUT2D eigenvalue weighted by molar-refractivity contribution is 6.30. The van der Waals surface area contributed by atoms with E-state index in [2.05, 4.69) is 26.6 Å². The molecular formula is C32H31ClFN5O4. The molecule has 222 valence electrons. The first-order valence-corrected chi connectivity index (χ1v) is 14.9. The van der Waals surface area contributed by atoms with Crippen molar-refractivity contribution in [3.05, 3.63) is 93.8 Å². The molecule has 0 radical (unpaired) electrons. The standard InChI is InChI=1S/C32H31ClFN5O4/c33-21-5-6-24(25(34)14-21)29-7-4-20-2-1-3-23(31(20)43-29)19-8-11-38(12-9-19)18-30-36-26-15-27(32(40)37-41)35-16-28(26)39(30)17-22-10-13-42-22/h1-7,14-16,19,22,29,41H,8-13,17-18H2,(H,37,40)/t22-,29+/m0/s1. The number of hydrogen-bond acceptors (Lipinski definition) is 7. The largest absolute Gasteiger partial charge is 0.481 e. The number of likely N-dealkylation sites (tertiary alicyclic amines) is 1. The monoisotopic (exact) mass is 603 g/mol. The number of imidazole rings is 1. The van der Waals surface area contributed by atoms with Crippen LogP contribution in [0.3, 0.4) is 0 Å². The molecule has 0 bridgehead atoms. The summed E-state index contributed by atoms with van der Waals surface area (Å²) >= 11 is 5.97. The van der Waals surface area contributed by atoms with E-state index >= 15 is 0 Å². The molecule has 11 heteroatoms. The number of nitrogens with zero attached hydrogens (tertiary/aromatic N) is 4. The molecule has 2 N–H and O–H groups in total. The molecule has 3 aliphatic rings. The van der Waals surface area contributed by atoms with Gasteiger partial charge >= 0.3 is 0 Å². The molecule has 9 nitrogen and oxygen atoms in total. The lowest BCUT2D eigenvalue weighted by molar-refractivity contribution is -0.0592. The second-order valence-corrected chi connectivity index (χ2v) is 11.7. The fraction of sp³-hybridized carbons (Fsp3) is 0.344. The molecule has 0 unspecified atom stereocenters. The second-order valence-electron chi connectivity index (χ2n) is 11.3. The minimum atomic E-state index is -0.672. The van der Waals surface area contributed by atoms with E-state index in [0.29, 0.717) is 35.1 Å². The van der Waals surface area contributed by atoms with Crippen LogP contribution in [0.15, 0.2) is 54.7 Å². The molecular weight excluding hydrogens is 573 g/mol. The zero-order chi connectivity index (χ0) is 29.5. The van der Waals surface area contributed by atoms with Crippen molar-refractivity contribution in [3.63, 3.8) is 0 Å². The third-order valence-corrected chi connectivity index (χ3v) is 8.90. The molecule has 2 fully saturated rings. The van der Waals surface area contributed by atoms with Gasteiger partial charge in [-0.1, -0.05) is 41.9 Å². The number of piperidine rings is 1. The Morgan fingerprint density at radius 3 is 2.72 bits per heavy atom. The van der Waals surface area contributed by atoms with Gasteiger partial charge in [-0.2, -0.15) is 0 Å². The van der Waals surface area contributed by atoms with Crippen LogP contribution in [-0.4, -0.2) is 56.3 Å². The maximum atomic E-state index is 14.7. The molecule has 2 saturated heterocycles. The van der Waals surface area contributed by atoms with Crippen molar-refractivity contribution in [2.75, 3.05) is 19.7 Å². The summed E-state index contributed by atoms with van der Waals surface area (Å²) in [6, 6.07) is 12.5. The van der Waals surface area contributed by atoms with Gasteiger partial charge in [-0.3, -0.25) is 14.9 Å². The highest BCUT2D eigenvalue weighted by Crippen LogP contribution is 2.42. The first-order valence-electron chi connectivity index (χ1n) is 14.5. The van der Waals surface area contributed by atoms with Crippen LogP contribution in [0, 0.1) is 5.82 Å². The molecule has 2 atom stereocenters. The Morgan fingerprint density at radius 1 is 1.14 bits per heavy atom. The van der Waals surface area contributed by atoms with Crippen molar-refractivity contribution in [1.29, 1.82) is 0 Å². The van der Waals surface area contributed by atoms with Gasteiger partial charge in [0, 0.05) is 22.8 Å². The zero-order valence-electron chi connectivity index (χ0n) is 23.4. The maximum Gasteiger partial charge on any atom is 0.293 e. The number of halogens is 2. The number of pyridine rings is 1. The summed E-state index contributed by atoms with van der Waals surface area (Å²) < 4.78 is 29.0. The Balaban J connectivity index is 1.08. The predicted octanol–water partition coefficient (Wildman–Crippen LogP) is 5.66. The van der Waals surface area contributed by atoms with E-state index in [0.717, 1.165) is 67.2 Å². The average Bonchev–Trinajstić information content (AvgIpc) is 3.34. The van der Waals surface area contributed by atoms with E-state index in [1.165, 1.54) is 6.07 Å². The molecule has 2 aromatic carbocycles. The van der Waals surface area contributed by atoms with Gasteiger partial charge in [0.1, 0.15) is 29.2 Å². The van der Waals surface area contributed by atoms with Gasteiger partial charge in [0.2, 0.25) is 0 Å². The highest BCUT2D eigenvalue weighted by atomic mass is 35.5. The van der Waals surface area contributed by atoms with E-state index in [-0.39, 0.29) is 17.6 Å². The van der Waals surface area contributed by atoms with Crippen LogP contribution in [0.25, 0.3) is 17.1 Å². The maximum absolute atomic E-state index is 14.7. The Bertz CT molecular complexity index is 1710. The van der Waals surface area contributed by atoms with Crippen molar-refractivity contribution in [2.45, 2.75) is 50.5 Å². The number of ether oxygens (including phenoxy) is 2. The van der Waals surface area contributed by atoms with Crippen LogP contribution < -0.4 is 10.2 Å². The van der Waals surface area contributed by atoms with E-state index in [1.54, 1.807) is 29.9 Å². The van der Waals surface area contributed by atoms with Crippen LogP contribution in [0.1, 0.15) is 64.3 Å². The van der Waals surface area contributed by atoms with Crippen LogP contribution in [0.4, 0.5) is 4.39 Å². The number of para-hydroxylation sites is 1. The average molecular weight is 604 g/mol. The Morgan fingerprint density at radius 2 is 1.98 bits per heavy atom. The molecule has 43 heavy (non-hydrogen) atoms. The van der Waals surface area contributed by atoms with Gasteiger partial charge in [0.15, 0.2) is 0 Å². The molecule has 4 aromatic rings. The van der Waals surface area contributed by atoms with Gasteiger partial charge in [-0.05, 0) is 68.1 Å². The summed E-state index contributed by atoms with van der Waals surface area (Å²) in [4.78, 5) is 23.4. The van der Waals surface area contributed by atoms with Crippen LogP contribution in [-0.2, 0) is 17.8 Å². The fourth-order valence-corrected chi connectivity index (χ4v) is 6.39. The van der Waals surface area contributed by atoms with Crippen molar-refractivity contribution < 1.29 is 23.9 Å².